The Morgan fingerprint density at radius 2 is 0.861 bits per heavy atom. The predicted molar refractivity (Wildman–Crippen MR) is 154 cm³/mol. The highest BCUT2D eigenvalue weighted by atomic mass is 31.1. The molecule has 1 heterocycles. The Labute approximate surface area is 214 Å². The SMILES string of the molecule is CCc1ccccc1[PH](=O)c1cc([PH](=O)c2ccccc2CC)nc([PH](=O)c2ccccc2CC)n1. The van der Waals surface area contributed by atoms with Gasteiger partial charge in [0.05, 0.1) is 0 Å². The largest absolute Gasteiger partial charge is 0.315 e. The van der Waals surface area contributed by atoms with Crippen LogP contribution in [0.15, 0.2) is 78.9 Å². The number of nitrogens with zero attached hydrogens (tertiary/aromatic N) is 2. The first-order chi connectivity index (χ1) is 17.5. The van der Waals surface area contributed by atoms with Crippen molar-refractivity contribution < 1.29 is 13.7 Å². The van der Waals surface area contributed by atoms with Crippen molar-refractivity contribution >= 4 is 55.8 Å². The van der Waals surface area contributed by atoms with Gasteiger partial charge in [0.1, 0.15) is 26.5 Å². The standard InChI is InChI=1S/C28H31N2O3P3/c1-4-20-13-7-10-16-23(20)34(31)26-19-27(35(32)24-17-11-8-14-21(24)5-2)30-28(29-26)36(33)25-18-12-9-15-22(25)6-3/h7-19,34-36H,4-6H2,1-3H3. The van der Waals surface area contributed by atoms with Gasteiger partial charge in [-0.25, -0.2) is 9.97 Å². The van der Waals surface area contributed by atoms with Crippen LogP contribution >= 0.6 is 23.4 Å². The summed E-state index contributed by atoms with van der Waals surface area (Å²) < 4.78 is 41.4. The van der Waals surface area contributed by atoms with Gasteiger partial charge in [0.2, 0.25) is 0 Å². The highest BCUT2D eigenvalue weighted by molar-refractivity contribution is 7.64. The van der Waals surface area contributed by atoms with Gasteiger partial charge >= 0.3 is 0 Å². The van der Waals surface area contributed by atoms with E-state index in [0.29, 0.717) is 16.2 Å². The van der Waals surface area contributed by atoms with Crippen LogP contribution in [0.5, 0.6) is 0 Å². The Morgan fingerprint density at radius 3 is 1.22 bits per heavy atom. The van der Waals surface area contributed by atoms with Crippen molar-refractivity contribution in [2.75, 3.05) is 0 Å². The third kappa shape index (κ3) is 5.55. The summed E-state index contributed by atoms with van der Waals surface area (Å²) in [7, 11) is -7.68. The van der Waals surface area contributed by atoms with E-state index in [4.69, 9.17) is 0 Å². The normalized spacial score (nSPS) is 13.8. The second-order valence-electron chi connectivity index (χ2n) is 8.48. The molecule has 3 aromatic carbocycles. The maximum atomic E-state index is 13.8. The average Bonchev–Trinajstić information content (AvgIpc) is 2.95. The quantitative estimate of drug-likeness (QED) is 0.305. The molecule has 0 bridgehead atoms. The van der Waals surface area contributed by atoms with E-state index < -0.39 is 23.4 Å². The smallest absolute Gasteiger partial charge is 0.191 e. The van der Waals surface area contributed by atoms with E-state index in [9.17, 15) is 13.7 Å². The molecule has 0 N–H and O–H groups in total. The molecule has 0 fully saturated rings. The van der Waals surface area contributed by atoms with E-state index in [1.165, 1.54) is 0 Å². The first-order valence-corrected chi connectivity index (χ1v) is 16.5. The zero-order valence-electron chi connectivity index (χ0n) is 20.7. The molecule has 0 saturated heterocycles. The summed E-state index contributed by atoms with van der Waals surface area (Å²) >= 11 is 0. The summed E-state index contributed by atoms with van der Waals surface area (Å²) in [6, 6.07) is 24.4. The van der Waals surface area contributed by atoms with E-state index in [1.807, 2.05) is 93.6 Å². The van der Waals surface area contributed by atoms with Crippen LogP contribution in [0.2, 0.25) is 0 Å². The van der Waals surface area contributed by atoms with Gasteiger partial charge in [-0.1, -0.05) is 93.6 Å². The van der Waals surface area contributed by atoms with Gasteiger partial charge in [0.15, 0.2) is 13.4 Å². The number of hydrogen-bond donors (Lipinski definition) is 0. The van der Waals surface area contributed by atoms with Crippen LogP contribution < -0.4 is 32.3 Å². The van der Waals surface area contributed by atoms with Crippen LogP contribution in [0, 0.1) is 0 Å². The molecule has 0 radical (unpaired) electrons. The van der Waals surface area contributed by atoms with Gasteiger partial charge < -0.3 is 13.7 Å². The van der Waals surface area contributed by atoms with E-state index >= 15 is 0 Å². The maximum absolute atomic E-state index is 13.8. The predicted octanol–water partition coefficient (Wildman–Crippen LogP) is 3.70. The zero-order valence-corrected chi connectivity index (χ0v) is 23.7. The summed E-state index contributed by atoms with van der Waals surface area (Å²) in [4.78, 5) is 9.17. The number of hydrogen-bond acceptors (Lipinski definition) is 5. The third-order valence-corrected chi connectivity index (χ3v) is 11.3. The molecular formula is C28H31N2O3P3. The van der Waals surface area contributed by atoms with Gasteiger partial charge in [0.25, 0.3) is 0 Å². The minimum Gasteiger partial charge on any atom is -0.315 e. The summed E-state index contributed by atoms with van der Waals surface area (Å²) in [5, 5.41) is 2.14. The highest BCUT2D eigenvalue weighted by Gasteiger charge is 2.22. The van der Waals surface area contributed by atoms with E-state index in [-0.39, 0.29) is 5.57 Å². The first kappa shape index (κ1) is 26.5. The van der Waals surface area contributed by atoms with Crippen molar-refractivity contribution in [2.45, 2.75) is 40.0 Å². The Morgan fingerprint density at radius 1 is 0.528 bits per heavy atom. The molecule has 0 amide bonds. The number of benzene rings is 3. The lowest BCUT2D eigenvalue weighted by Gasteiger charge is -2.13. The fraction of sp³-hybridized carbons (Fsp3) is 0.214. The van der Waals surface area contributed by atoms with Crippen molar-refractivity contribution in [1.29, 1.82) is 0 Å². The lowest BCUT2D eigenvalue weighted by atomic mass is 10.2. The lowest BCUT2D eigenvalue weighted by molar-refractivity contribution is 0.597. The summed E-state index contributed by atoms with van der Waals surface area (Å²) in [6.45, 7) is 6.05. The minimum atomic E-state index is -2.61. The van der Waals surface area contributed by atoms with Crippen molar-refractivity contribution in [3.63, 3.8) is 0 Å². The number of aromatic nitrogens is 2. The molecule has 5 nitrogen and oxygen atoms in total. The van der Waals surface area contributed by atoms with Gasteiger partial charge in [0, 0.05) is 15.9 Å². The molecule has 3 unspecified atom stereocenters. The van der Waals surface area contributed by atoms with Crippen molar-refractivity contribution in [3.8, 4) is 0 Å². The molecule has 0 aliphatic heterocycles. The van der Waals surface area contributed by atoms with Crippen LogP contribution in [-0.4, -0.2) is 9.97 Å². The van der Waals surface area contributed by atoms with Crippen molar-refractivity contribution in [2.24, 2.45) is 0 Å². The molecule has 0 spiro atoms. The fourth-order valence-corrected chi connectivity index (χ4v) is 9.28. The third-order valence-electron chi connectivity index (χ3n) is 6.32. The number of rotatable bonds is 9. The molecule has 0 aliphatic rings. The molecular weight excluding hydrogens is 505 g/mol. The summed E-state index contributed by atoms with van der Waals surface area (Å²) in [5.41, 5.74) is 3.66. The van der Waals surface area contributed by atoms with E-state index in [0.717, 1.165) is 46.6 Å². The Bertz CT molecular complexity index is 1280. The first-order valence-electron chi connectivity index (χ1n) is 12.2. The van der Waals surface area contributed by atoms with E-state index in [1.54, 1.807) is 6.07 Å². The Kier molecular flexibility index (Phi) is 8.91. The van der Waals surface area contributed by atoms with Crippen LogP contribution in [-0.2, 0) is 33.0 Å². The van der Waals surface area contributed by atoms with Gasteiger partial charge in [-0.05, 0) is 42.0 Å². The molecule has 4 aromatic rings. The highest BCUT2D eigenvalue weighted by Crippen LogP contribution is 2.26. The van der Waals surface area contributed by atoms with Gasteiger partial charge in [-0.2, -0.15) is 0 Å². The van der Waals surface area contributed by atoms with Crippen LogP contribution in [0.1, 0.15) is 37.5 Å². The van der Waals surface area contributed by atoms with Crippen molar-refractivity contribution in [3.05, 3.63) is 95.6 Å². The van der Waals surface area contributed by atoms with E-state index in [2.05, 4.69) is 9.97 Å². The second-order valence-corrected chi connectivity index (χ2v) is 13.5. The Hall–Kier alpha value is -2.57. The molecule has 1 aromatic heterocycles. The van der Waals surface area contributed by atoms with Crippen molar-refractivity contribution in [1.82, 2.24) is 9.97 Å². The minimum absolute atomic E-state index is 0.119. The van der Waals surface area contributed by atoms with Crippen LogP contribution in [0.3, 0.4) is 0 Å². The lowest BCUT2D eigenvalue weighted by Crippen LogP contribution is -2.31. The molecule has 36 heavy (non-hydrogen) atoms. The fourth-order valence-electron chi connectivity index (χ4n) is 4.33. The molecule has 0 aliphatic carbocycles. The molecule has 0 saturated carbocycles. The van der Waals surface area contributed by atoms with Crippen LogP contribution in [0.25, 0.3) is 0 Å². The van der Waals surface area contributed by atoms with Gasteiger partial charge in [-0.15, -0.1) is 0 Å². The van der Waals surface area contributed by atoms with Crippen LogP contribution in [0.4, 0.5) is 0 Å². The monoisotopic (exact) mass is 536 g/mol. The molecule has 186 valence electrons. The second kappa shape index (κ2) is 12.1. The molecule has 3 atom stereocenters. The Balaban J connectivity index is 1.89. The summed E-state index contributed by atoms with van der Waals surface area (Å²) in [6.07, 6.45) is 2.19. The molecule has 4 rings (SSSR count). The number of aryl methyl sites for hydroxylation is 3. The maximum Gasteiger partial charge on any atom is 0.191 e. The van der Waals surface area contributed by atoms with Gasteiger partial charge in [-0.3, -0.25) is 0 Å². The zero-order chi connectivity index (χ0) is 25.7. The average molecular weight is 536 g/mol. The summed E-state index contributed by atoms with van der Waals surface area (Å²) in [5.74, 6) is 0. The molecule has 8 heteroatoms. The topological polar surface area (TPSA) is 77.0 Å².